The third-order valence-electron chi connectivity index (χ3n) is 3.32. The van der Waals surface area contributed by atoms with Gasteiger partial charge in [0.15, 0.2) is 0 Å². The van der Waals surface area contributed by atoms with Crippen LogP contribution < -0.4 is 0 Å². The van der Waals surface area contributed by atoms with Crippen molar-refractivity contribution >= 4 is 12.0 Å². The fraction of sp³-hybridized carbons (Fsp3) is 0.438. The average Bonchev–Trinajstić information content (AvgIpc) is 2.46. The number of aliphatic hydroxyl groups is 1. The summed E-state index contributed by atoms with van der Waals surface area (Å²) in [7, 11) is 0. The van der Waals surface area contributed by atoms with Crippen molar-refractivity contribution in [2.75, 3.05) is 13.2 Å². The largest absolute Gasteiger partial charge is 0.508 e. The molecule has 1 rings (SSSR count). The predicted molar refractivity (Wildman–Crippen MR) is 80.3 cm³/mol. The topological polar surface area (TPSA) is 60.8 Å². The first-order chi connectivity index (χ1) is 9.62. The van der Waals surface area contributed by atoms with Crippen LogP contribution in [-0.4, -0.2) is 40.2 Å². The molecule has 4 heteroatoms. The zero-order valence-corrected chi connectivity index (χ0v) is 12.1. The third kappa shape index (κ3) is 4.70. The molecule has 2 N–H and O–H groups in total. The lowest BCUT2D eigenvalue weighted by atomic mass is 10.1. The molecule has 1 amide bonds. The van der Waals surface area contributed by atoms with E-state index in [0.717, 1.165) is 18.4 Å². The molecule has 0 aromatic heterocycles. The van der Waals surface area contributed by atoms with Gasteiger partial charge in [-0.25, -0.2) is 0 Å². The number of carbonyl (C=O) groups is 1. The van der Waals surface area contributed by atoms with Crippen LogP contribution in [0.2, 0.25) is 0 Å². The van der Waals surface area contributed by atoms with Crippen molar-refractivity contribution in [1.82, 2.24) is 4.90 Å². The van der Waals surface area contributed by atoms with E-state index < -0.39 is 0 Å². The van der Waals surface area contributed by atoms with Gasteiger partial charge in [0.25, 0.3) is 0 Å². The van der Waals surface area contributed by atoms with Gasteiger partial charge in [0.05, 0.1) is 6.61 Å². The summed E-state index contributed by atoms with van der Waals surface area (Å²) in [5.74, 6) is 0.105. The van der Waals surface area contributed by atoms with Crippen LogP contribution in [0.4, 0.5) is 0 Å². The highest BCUT2D eigenvalue weighted by atomic mass is 16.3. The Kier molecular flexibility index (Phi) is 6.81. The van der Waals surface area contributed by atoms with Crippen molar-refractivity contribution in [2.24, 2.45) is 0 Å². The van der Waals surface area contributed by atoms with Gasteiger partial charge < -0.3 is 15.1 Å². The first kappa shape index (κ1) is 16.2. The maximum atomic E-state index is 12.2. The van der Waals surface area contributed by atoms with E-state index in [1.165, 1.54) is 6.08 Å². The highest BCUT2D eigenvalue weighted by molar-refractivity contribution is 5.92. The molecule has 0 unspecified atom stereocenters. The molecule has 0 bridgehead atoms. The van der Waals surface area contributed by atoms with E-state index in [1.54, 1.807) is 35.2 Å². The summed E-state index contributed by atoms with van der Waals surface area (Å²) in [5, 5.41) is 18.3. The van der Waals surface area contributed by atoms with E-state index in [9.17, 15) is 9.90 Å². The number of phenolic OH excluding ortho intramolecular Hbond substituents is 1. The zero-order valence-electron chi connectivity index (χ0n) is 12.1. The Labute approximate surface area is 120 Å². The molecule has 20 heavy (non-hydrogen) atoms. The van der Waals surface area contributed by atoms with Crippen LogP contribution in [0.25, 0.3) is 6.08 Å². The summed E-state index contributed by atoms with van der Waals surface area (Å²) in [6.07, 6.45) is 4.97. The first-order valence-electron chi connectivity index (χ1n) is 7.00. The number of hydrogen-bond donors (Lipinski definition) is 2. The monoisotopic (exact) mass is 277 g/mol. The van der Waals surface area contributed by atoms with E-state index in [1.807, 2.05) is 13.8 Å². The second kappa shape index (κ2) is 8.38. The molecule has 1 aromatic rings. The molecule has 0 aliphatic rings. The number of benzene rings is 1. The minimum absolute atomic E-state index is 0.0325. The van der Waals surface area contributed by atoms with Crippen LogP contribution in [-0.2, 0) is 4.79 Å². The molecule has 0 fully saturated rings. The van der Waals surface area contributed by atoms with Crippen LogP contribution in [0.3, 0.4) is 0 Å². The quantitative estimate of drug-likeness (QED) is 0.752. The molecule has 0 aliphatic heterocycles. The second-order valence-electron chi connectivity index (χ2n) is 4.65. The number of nitrogens with zero attached hydrogens (tertiary/aromatic N) is 1. The minimum Gasteiger partial charge on any atom is -0.508 e. The van der Waals surface area contributed by atoms with E-state index >= 15 is 0 Å². The van der Waals surface area contributed by atoms with Crippen LogP contribution in [0, 0.1) is 0 Å². The number of aromatic hydroxyl groups is 1. The average molecular weight is 277 g/mol. The summed E-state index contributed by atoms with van der Waals surface area (Å²) >= 11 is 0. The van der Waals surface area contributed by atoms with Gasteiger partial charge in [-0.05, 0) is 36.6 Å². The number of amides is 1. The molecular weight excluding hydrogens is 254 g/mol. The SMILES string of the molecule is CCC(CC)N(CCO)C(=O)C=Cc1ccc(O)cc1. The lowest BCUT2D eigenvalue weighted by Crippen LogP contribution is -2.40. The van der Waals surface area contributed by atoms with Crippen LogP contribution in [0.1, 0.15) is 32.3 Å². The number of rotatable bonds is 7. The molecule has 0 saturated heterocycles. The summed E-state index contributed by atoms with van der Waals surface area (Å²) in [6.45, 7) is 4.39. The highest BCUT2D eigenvalue weighted by Gasteiger charge is 2.18. The van der Waals surface area contributed by atoms with E-state index in [0.29, 0.717) is 6.54 Å². The van der Waals surface area contributed by atoms with Gasteiger partial charge in [0, 0.05) is 18.7 Å². The summed E-state index contributed by atoms with van der Waals surface area (Å²) < 4.78 is 0. The van der Waals surface area contributed by atoms with E-state index in [4.69, 9.17) is 5.11 Å². The summed E-state index contributed by atoms with van der Waals surface area (Å²) in [5.41, 5.74) is 0.852. The van der Waals surface area contributed by atoms with Crippen molar-refractivity contribution in [3.63, 3.8) is 0 Å². The lowest BCUT2D eigenvalue weighted by molar-refractivity contribution is -0.128. The van der Waals surface area contributed by atoms with Gasteiger partial charge in [-0.1, -0.05) is 26.0 Å². The Morgan fingerprint density at radius 3 is 2.35 bits per heavy atom. The second-order valence-corrected chi connectivity index (χ2v) is 4.65. The molecule has 0 radical (unpaired) electrons. The fourth-order valence-electron chi connectivity index (χ4n) is 2.16. The number of phenols is 1. The number of hydrogen-bond acceptors (Lipinski definition) is 3. The zero-order chi connectivity index (χ0) is 15.0. The minimum atomic E-state index is -0.0965. The van der Waals surface area contributed by atoms with Crippen molar-refractivity contribution < 1.29 is 15.0 Å². The van der Waals surface area contributed by atoms with Gasteiger partial charge in [-0.2, -0.15) is 0 Å². The molecule has 1 aromatic carbocycles. The molecule has 0 heterocycles. The molecular formula is C16H23NO3. The Hall–Kier alpha value is -1.81. The third-order valence-corrected chi connectivity index (χ3v) is 3.32. The molecule has 0 aliphatic carbocycles. The molecule has 0 spiro atoms. The predicted octanol–water partition coefficient (Wildman–Crippen LogP) is 2.41. The molecule has 4 nitrogen and oxygen atoms in total. The molecule has 0 saturated carbocycles. The van der Waals surface area contributed by atoms with E-state index in [2.05, 4.69) is 0 Å². The number of carbonyl (C=O) groups excluding carboxylic acids is 1. The van der Waals surface area contributed by atoms with Crippen LogP contribution >= 0.6 is 0 Å². The number of aliphatic hydroxyl groups excluding tert-OH is 1. The molecule has 0 atom stereocenters. The van der Waals surface area contributed by atoms with Crippen LogP contribution in [0.5, 0.6) is 5.75 Å². The van der Waals surface area contributed by atoms with Crippen molar-refractivity contribution in [2.45, 2.75) is 32.7 Å². The Morgan fingerprint density at radius 1 is 1.25 bits per heavy atom. The Morgan fingerprint density at radius 2 is 1.85 bits per heavy atom. The Bertz CT molecular complexity index is 436. The van der Waals surface area contributed by atoms with Crippen LogP contribution in [0.15, 0.2) is 30.3 Å². The van der Waals surface area contributed by atoms with Gasteiger partial charge in [-0.3, -0.25) is 4.79 Å². The smallest absolute Gasteiger partial charge is 0.246 e. The standard InChI is InChI=1S/C16H23NO3/c1-3-14(4-2)17(11-12-18)16(20)10-7-13-5-8-15(19)9-6-13/h5-10,14,18-19H,3-4,11-12H2,1-2H3. The summed E-state index contributed by atoms with van der Waals surface area (Å²) in [6, 6.07) is 6.80. The van der Waals surface area contributed by atoms with Crippen molar-refractivity contribution in [3.8, 4) is 5.75 Å². The van der Waals surface area contributed by atoms with Gasteiger partial charge in [0.2, 0.25) is 5.91 Å². The summed E-state index contributed by atoms with van der Waals surface area (Å²) in [4.78, 5) is 13.9. The van der Waals surface area contributed by atoms with Crippen molar-refractivity contribution in [1.29, 1.82) is 0 Å². The molecule has 110 valence electrons. The lowest BCUT2D eigenvalue weighted by Gasteiger charge is -2.29. The Balaban J connectivity index is 2.77. The maximum Gasteiger partial charge on any atom is 0.246 e. The van der Waals surface area contributed by atoms with Gasteiger partial charge in [-0.15, -0.1) is 0 Å². The van der Waals surface area contributed by atoms with Crippen molar-refractivity contribution in [3.05, 3.63) is 35.9 Å². The maximum absolute atomic E-state index is 12.2. The van der Waals surface area contributed by atoms with Gasteiger partial charge >= 0.3 is 0 Å². The highest BCUT2D eigenvalue weighted by Crippen LogP contribution is 2.12. The fourth-order valence-corrected chi connectivity index (χ4v) is 2.16. The first-order valence-corrected chi connectivity index (χ1v) is 7.00. The normalized spacial score (nSPS) is 11.2. The van der Waals surface area contributed by atoms with E-state index in [-0.39, 0.29) is 24.3 Å². The van der Waals surface area contributed by atoms with Gasteiger partial charge in [0.1, 0.15) is 5.75 Å².